The van der Waals surface area contributed by atoms with Crippen LogP contribution in [0.1, 0.15) is 76.9 Å². The van der Waals surface area contributed by atoms with Crippen molar-refractivity contribution in [2.75, 3.05) is 6.61 Å². The number of halogens is 1. The first kappa shape index (κ1) is 18.3. The smallest absolute Gasteiger partial charge is 0.125 e. The van der Waals surface area contributed by atoms with Gasteiger partial charge in [0.2, 0.25) is 0 Å². The first-order valence-electron chi connectivity index (χ1n) is 8.25. The van der Waals surface area contributed by atoms with Gasteiger partial charge in [-0.25, -0.2) is 0 Å². The van der Waals surface area contributed by atoms with Crippen molar-refractivity contribution in [1.82, 2.24) is 0 Å². The van der Waals surface area contributed by atoms with Crippen LogP contribution in [0.15, 0.2) is 18.2 Å². The first-order chi connectivity index (χ1) is 10.1. The first-order valence-corrected chi connectivity index (χ1v) is 8.63. The largest absolute Gasteiger partial charge is 0.493 e. The molecule has 0 amide bonds. The lowest BCUT2D eigenvalue weighted by Gasteiger charge is -2.13. The summed E-state index contributed by atoms with van der Waals surface area (Å²) in [5.74, 6) is 0.748. The number of ether oxygens (including phenoxy) is 1. The summed E-state index contributed by atoms with van der Waals surface area (Å²) in [6, 6.07) is 5.42. The summed E-state index contributed by atoms with van der Waals surface area (Å²) in [6.07, 6.45) is 9.74. The van der Waals surface area contributed by atoms with Crippen molar-refractivity contribution in [2.45, 2.75) is 71.3 Å². The number of rotatable bonds is 11. The Bertz CT molecular complexity index is 391. The Morgan fingerprint density at radius 2 is 1.67 bits per heavy atom. The summed E-state index contributed by atoms with van der Waals surface area (Å²) in [5.41, 5.74) is 0.766. The van der Waals surface area contributed by atoms with E-state index in [2.05, 4.69) is 6.92 Å². The second kappa shape index (κ2) is 10.9. The average molecular weight is 313 g/mol. The minimum atomic E-state index is -0.558. The number of benzene rings is 1. The van der Waals surface area contributed by atoms with Crippen LogP contribution in [0, 0.1) is 0 Å². The van der Waals surface area contributed by atoms with Gasteiger partial charge in [-0.3, -0.25) is 0 Å². The molecular formula is C18H29ClO2. The zero-order valence-electron chi connectivity index (χ0n) is 13.4. The van der Waals surface area contributed by atoms with Gasteiger partial charge in [-0.15, -0.1) is 0 Å². The highest BCUT2D eigenvalue weighted by Crippen LogP contribution is 2.28. The molecule has 0 saturated heterocycles. The van der Waals surface area contributed by atoms with E-state index in [4.69, 9.17) is 16.3 Å². The molecule has 0 spiro atoms. The van der Waals surface area contributed by atoms with Crippen LogP contribution in [-0.2, 0) is 0 Å². The molecule has 1 rings (SSSR count). The number of aliphatic hydroxyl groups excluding tert-OH is 1. The van der Waals surface area contributed by atoms with Gasteiger partial charge in [0.15, 0.2) is 0 Å². The summed E-state index contributed by atoms with van der Waals surface area (Å²) >= 11 is 5.95. The normalized spacial score (nSPS) is 12.4. The highest BCUT2D eigenvalue weighted by molar-refractivity contribution is 6.30. The molecule has 1 aromatic carbocycles. The van der Waals surface area contributed by atoms with Gasteiger partial charge in [0.25, 0.3) is 0 Å². The maximum atomic E-state index is 9.73. The number of unbranched alkanes of at least 4 members (excludes halogenated alkanes) is 7. The Morgan fingerprint density at radius 3 is 2.29 bits per heavy atom. The third kappa shape index (κ3) is 7.73. The Kier molecular flexibility index (Phi) is 9.53. The molecule has 0 fully saturated rings. The van der Waals surface area contributed by atoms with Crippen molar-refractivity contribution in [1.29, 1.82) is 0 Å². The van der Waals surface area contributed by atoms with Gasteiger partial charge in [0, 0.05) is 10.6 Å². The van der Waals surface area contributed by atoms with E-state index in [1.165, 1.54) is 44.9 Å². The minimum absolute atomic E-state index is 0.558. The number of aliphatic hydroxyl groups is 1. The van der Waals surface area contributed by atoms with Crippen molar-refractivity contribution >= 4 is 11.6 Å². The molecule has 0 aromatic heterocycles. The fourth-order valence-corrected chi connectivity index (χ4v) is 2.58. The highest BCUT2D eigenvalue weighted by atomic mass is 35.5. The van der Waals surface area contributed by atoms with Crippen molar-refractivity contribution in [3.05, 3.63) is 28.8 Å². The molecule has 3 heteroatoms. The van der Waals surface area contributed by atoms with E-state index in [0.29, 0.717) is 11.6 Å². The van der Waals surface area contributed by atoms with Gasteiger partial charge in [-0.05, 0) is 31.5 Å². The number of hydrogen-bond donors (Lipinski definition) is 1. The zero-order chi connectivity index (χ0) is 15.5. The zero-order valence-corrected chi connectivity index (χ0v) is 14.2. The molecule has 0 aliphatic rings. The minimum Gasteiger partial charge on any atom is -0.493 e. The molecule has 0 bridgehead atoms. The average Bonchev–Trinajstić information content (AvgIpc) is 2.46. The van der Waals surface area contributed by atoms with Gasteiger partial charge in [-0.2, -0.15) is 0 Å². The highest BCUT2D eigenvalue weighted by Gasteiger charge is 2.09. The van der Waals surface area contributed by atoms with Crippen LogP contribution in [0.3, 0.4) is 0 Å². The third-order valence-electron chi connectivity index (χ3n) is 3.68. The number of hydrogen-bond acceptors (Lipinski definition) is 2. The van der Waals surface area contributed by atoms with Crippen LogP contribution in [-0.4, -0.2) is 11.7 Å². The van der Waals surface area contributed by atoms with E-state index in [0.717, 1.165) is 17.7 Å². The molecular weight excluding hydrogens is 284 g/mol. The van der Waals surface area contributed by atoms with E-state index < -0.39 is 6.10 Å². The summed E-state index contributed by atoms with van der Waals surface area (Å²) in [5, 5.41) is 10.4. The molecule has 120 valence electrons. The van der Waals surface area contributed by atoms with Crippen molar-refractivity contribution in [3.63, 3.8) is 0 Å². The van der Waals surface area contributed by atoms with E-state index in [9.17, 15) is 5.11 Å². The lowest BCUT2D eigenvalue weighted by Crippen LogP contribution is -2.02. The standard InChI is InChI=1S/C18H29ClO2/c1-3-4-5-6-7-8-9-10-13-21-18-12-11-16(19)14-17(18)15(2)20/h11-12,14-15,20H,3-10,13H2,1-2H3/t15-/m1/s1. The van der Waals surface area contributed by atoms with Gasteiger partial charge in [0.05, 0.1) is 12.7 Å². The molecule has 0 aliphatic heterocycles. The van der Waals surface area contributed by atoms with Crippen LogP contribution < -0.4 is 4.74 Å². The predicted molar refractivity (Wildman–Crippen MR) is 90.2 cm³/mol. The van der Waals surface area contributed by atoms with Crippen LogP contribution in [0.5, 0.6) is 5.75 Å². The fraction of sp³-hybridized carbons (Fsp3) is 0.667. The third-order valence-corrected chi connectivity index (χ3v) is 3.91. The maximum absolute atomic E-state index is 9.73. The topological polar surface area (TPSA) is 29.5 Å². The molecule has 21 heavy (non-hydrogen) atoms. The van der Waals surface area contributed by atoms with Crippen molar-refractivity contribution in [2.24, 2.45) is 0 Å². The lowest BCUT2D eigenvalue weighted by molar-refractivity contribution is 0.190. The van der Waals surface area contributed by atoms with Gasteiger partial charge in [-0.1, -0.05) is 63.5 Å². The SMILES string of the molecule is CCCCCCCCCCOc1ccc(Cl)cc1[C@@H](C)O. The molecule has 0 radical (unpaired) electrons. The molecule has 0 aliphatic carbocycles. The van der Waals surface area contributed by atoms with Crippen LogP contribution >= 0.6 is 11.6 Å². The van der Waals surface area contributed by atoms with Crippen molar-refractivity contribution in [3.8, 4) is 5.75 Å². The monoisotopic (exact) mass is 312 g/mol. The molecule has 1 atom stereocenters. The van der Waals surface area contributed by atoms with Crippen LogP contribution in [0.2, 0.25) is 5.02 Å². The molecule has 0 heterocycles. The second-order valence-corrected chi connectivity index (χ2v) is 6.12. The fourth-order valence-electron chi connectivity index (χ4n) is 2.40. The van der Waals surface area contributed by atoms with E-state index >= 15 is 0 Å². The van der Waals surface area contributed by atoms with Crippen LogP contribution in [0.25, 0.3) is 0 Å². The van der Waals surface area contributed by atoms with E-state index in [1.807, 2.05) is 6.07 Å². The van der Waals surface area contributed by atoms with E-state index in [1.54, 1.807) is 19.1 Å². The molecule has 1 aromatic rings. The molecule has 2 nitrogen and oxygen atoms in total. The maximum Gasteiger partial charge on any atom is 0.125 e. The Hall–Kier alpha value is -0.730. The summed E-state index contributed by atoms with van der Waals surface area (Å²) in [4.78, 5) is 0. The molecule has 1 N–H and O–H groups in total. The Morgan fingerprint density at radius 1 is 1.05 bits per heavy atom. The summed E-state index contributed by atoms with van der Waals surface area (Å²) < 4.78 is 5.78. The van der Waals surface area contributed by atoms with E-state index in [-0.39, 0.29) is 0 Å². The predicted octanol–water partition coefficient (Wildman–Crippen LogP) is 5.91. The second-order valence-electron chi connectivity index (χ2n) is 5.68. The van der Waals surface area contributed by atoms with Gasteiger partial charge in [0.1, 0.15) is 5.75 Å². The van der Waals surface area contributed by atoms with Crippen LogP contribution in [0.4, 0.5) is 0 Å². The summed E-state index contributed by atoms with van der Waals surface area (Å²) in [7, 11) is 0. The Balaban J connectivity index is 2.18. The molecule has 0 unspecified atom stereocenters. The summed E-state index contributed by atoms with van der Waals surface area (Å²) in [6.45, 7) is 4.68. The van der Waals surface area contributed by atoms with Gasteiger partial charge < -0.3 is 9.84 Å². The quantitative estimate of drug-likeness (QED) is 0.514. The lowest BCUT2D eigenvalue weighted by atomic mass is 10.1. The van der Waals surface area contributed by atoms with Gasteiger partial charge >= 0.3 is 0 Å². The molecule has 0 saturated carbocycles. The van der Waals surface area contributed by atoms with Crippen molar-refractivity contribution < 1.29 is 9.84 Å². The Labute approximate surface area is 134 Å².